The molecule has 0 unspecified atom stereocenters. The van der Waals surface area contributed by atoms with Gasteiger partial charge in [0.2, 0.25) is 0 Å². The van der Waals surface area contributed by atoms with Gasteiger partial charge in [-0.05, 0) is 24.6 Å². The van der Waals surface area contributed by atoms with E-state index in [1.165, 1.54) is 11.8 Å². The number of carbonyl (C=O) groups excluding carboxylic acids is 1. The Labute approximate surface area is 137 Å². The lowest BCUT2D eigenvalue weighted by atomic mass is 10.2. The summed E-state index contributed by atoms with van der Waals surface area (Å²) in [6, 6.07) is 15.4. The van der Waals surface area contributed by atoms with Crippen molar-refractivity contribution < 1.29 is 9.21 Å². The van der Waals surface area contributed by atoms with Crippen LogP contribution in [0, 0.1) is 6.92 Å². The second kappa shape index (κ2) is 7.11. The zero-order valence-corrected chi connectivity index (χ0v) is 13.3. The van der Waals surface area contributed by atoms with Gasteiger partial charge < -0.3 is 4.42 Å². The molecule has 0 saturated heterocycles. The van der Waals surface area contributed by atoms with Crippen LogP contribution in [-0.4, -0.2) is 22.9 Å². The number of amides is 1. The molecule has 23 heavy (non-hydrogen) atoms. The second-order valence-corrected chi connectivity index (χ2v) is 5.87. The van der Waals surface area contributed by atoms with E-state index in [0.717, 1.165) is 16.6 Å². The molecular weight excluding hydrogens is 310 g/mol. The van der Waals surface area contributed by atoms with E-state index in [-0.39, 0.29) is 11.7 Å². The summed E-state index contributed by atoms with van der Waals surface area (Å²) in [5.74, 6) is -0.0148. The number of hydrogen-bond donors (Lipinski definition) is 1. The van der Waals surface area contributed by atoms with Crippen LogP contribution in [0.25, 0.3) is 11.1 Å². The lowest BCUT2D eigenvalue weighted by Crippen LogP contribution is -2.19. The Hall–Kier alpha value is -2.60. The third-order valence-corrected chi connectivity index (χ3v) is 3.87. The average molecular weight is 325 g/mol. The third-order valence-electron chi connectivity index (χ3n) is 3.05. The van der Waals surface area contributed by atoms with Crippen molar-refractivity contribution in [1.82, 2.24) is 10.4 Å². The largest absolute Gasteiger partial charge is 0.431 e. The van der Waals surface area contributed by atoms with Crippen LogP contribution in [0.1, 0.15) is 11.1 Å². The number of rotatable bonds is 5. The van der Waals surface area contributed by atoms with Crippen LogP contribution in [0.2, 0.25) is 0 Å². The Kier molecular flexibility index (Phi) is 4.73. The minimum atomic E-state index is -0.207. The highest BCUT2D eigenvalue weighted by atomic mass is 32.2. The predicted molar refractivity (Wildman–Crippen MR) is 91.6 cm³/mol. The highest BCUT2D eigenvalue weighted by Gasteiger charge is 2.08. The first kappa shape index (κ1) is 15.3. The molecule has 116 valence electrons. The first-order chi connectivity index (χ1) is 11.2. The van der Waals surface area contributed by atoms with Crippen LogP contribution in [-0.2, 0) is 4.79 Å². The highest BCUT2D eigenvalue weighted by molar-refractivity contribution is 7.99. The fourth-order valence-electron chi connectivity index (χ4n) is 2.00. The van der Waals surface area contributed by atoms with Crippen molar-refractivity contribution in [3.63, 3.8) is 0 Å². The third kappa shape index (κ3) is 4.20. The molecule has 1 N–H and O–H groups in total. The highest BCUT2D eigenvalue weighted by Crippen LogP contribution is 2.22. The van der Waals surface area contributed by atoms with Crippen LogP contribution < -0.4 is 5.43 Å². The maximum absolute atomic E-state index is 11.8. The molecule has 0 aliphatic heterocycles. The van der Waals surface area contributed by atoms with E-state index in [1.807, 2.05) is 55.5 Å². The second-order valence-electron chi connectivity index (χ2n) is 4.94. The Morgan fingerprint density at radius 1 is 1.30 bits per heavy atom. The molecule has 0 aliphatic rings. The molecule has 0 spiro atoms. The van der Waals surface area contributed by atoms with Gasteiger partial charge in [-0.25, -0.2) is 10.4 Å². The van der Waals surface area contributed by atoms with Crippen LogP contribution in [0.3, 0.4) is 0 Å². The number of para-hydroxylation sites is 2. The molecular formula is C17H15N3O2S. The normalized spacial score (nSPS) is 11.2. The van der Waals surface area contributed by atoms with Gasteiger partial charge >= 0.3 is 0 Å². The van der Waals surface area contributed by atoms with Crippen LogP contribution in [0.5, 0.6) is 0 Å². The van der Waals surface area contributed by atoms with Gasteiger partial charge in [0.15, 0.2) is 5.58 Å². The summed E-state index contributed by atoms with van der Waals surface area (Å²) in [6.07, 6.45) is 1.62. The summed E-state index contributed by atoms with van der Waals surface area (Å²) >= 11 is 1.24. The van der Waals surface area contributed by atoms with Gasteiger partial charge in [0.05, 0.1) is 12.0 Å². The summed E-state index contributed by atoms with van der Waals surface area (Å²) in [6.45, 7) is 2.01. The smallest absolute Gasteiger partial charge is 0.257 e. The van der Waals surface area contributed by atoms with Crippen LogP contribution in [0.4, 0.5) is 0 Å². The van der Waals surface area contributed by atoms with E-state index in [0.29, 0.717) is 10.8 Å². The minimum absolute atomic E-state index is 0.192. The molecule has 1 amide bonds. The monoisotopic (exact) mass is 325 g/mol. The van der Waals surface area contributed by atoms with E-state index in [9.17, 15) is 4.79 Å². The van der Waals surface area contributed by atoms with Crippen LogP contribution in [0.15, 0.2) is 63.3 Å². The van der Waals surface area contributed by atoms with Crippen molar-refractivity contribution in [2.75, 3.05) is 5.75 Å². The van der Waals surface area contributed by atoms with Crippen molar-refractivity contribution in [2.24, 2.45) is 5.10 Å². The zero-order chi connectivity index (χ0) is 16.1. The minimum Gasteiger partial charge on any atom is -0.431 e. The SMILES string of the molecule is Cc1cccc(/C=N/NC(=O)CSc2nc3ccccc3o2)c1. The number of nitrogens with zero attached hydrogens (tertiary/aromatic N) is 2. The van der Waals surface area contributed by atoms with Crippen molar-refractivity contribution in [3.8, 4) is 0 Å². The number of benzene rings is 2. The Morgan fingerprint density at radius 2 is 2.17 bits per heavy atom. The molecule has 3 rings (SSSR count). The predicted octanol–water partition coefficient (Wildman–Crippen LogP) is 3.38. The summed E-state index contributed by atoms with van der Waals surface area (Å²) < 4.78 is 5.54. The number of nitrogens with one attached hydrogen (secondary N) is 1. The number of aromatic nitrogens is 1. The van der Waals surface area contributed by atoms with Gasteiger partial charge in [-0.3, -0.25) is 4.79 Å². The van der Waals surface area contributed by atoms with Gasteiger partial charge in [0, 0.05) is 0 Å². The van der Waals surface area contributed by atoms with Crippen molar-refractivity contribution >= 4 is 35.0 Å². The number of oxazole rings is 1. The molecule has 6 heteroatoms. The first-order valence-electron chi connectivity index (χ1n) is 7.08. The number of thioether (sulfide) groups is 1. The van der Waals surface area contributed by atoms with Gasteiger partial charge in [-0.15, -0.1) is 0 Å². The molecule has 0 radical (unpaired) electrons. The summed E-state index contributed by atoms with van der Waals surface area (Å²) in [4.78, 5) is 16.1. The Morgan fingerprint density at radius 3 is 3.00 bits per heavy atom. The Balaban J connectivity index is 1.51. The lowest BCUT2D eigenvalue weighted by molar-refractivity contribution is -0.118. The zero-order valence-electron chi connectivity index (χ0n) is 12.5. The van der Waals surface area contributed by atoms with E-state index >= 15 is 0 Å². The van der Waals surface area contributed by atoms with Gasteiger partial charge in [-0.2, -0.15) is 5.10 Å². The molecule has 1 heterocycles. The fourth-order valence-corrected chi connectivity index (χ4v) is 2.63. The van der Waals surface area contributed by atoms with Crippen molar-refractivity contribution in [2.45, 2.75) is 12.1 Å². The molecule has 5 nitrogen and oxygen atoms in total. The fraction of sp³-hybridized carbons (Fsp3) is 0.118. The molecule has 0 fully saturated rings. The Bertz CT molecular complexity index is 825. The van der Waals surface area contributed by atoms with Crippen molar-refractivity contribution in [1.29, 1.82) is 0 Å². The van der Waals surface area contributed by atoms with E-state index in [1.54, 1.807) is 6.21 Å². The van der Waals surface area contributed by atoms with Crippen molar-refractivity contribution in [3.05, 3.63) is 59.7 Å². The van der Waals surface area contributed by atoms with Gasteiger partial charge in [0.1, 0.15) is 5.52 Å². The number of hydrogen-bond acceptors (Lipinski definition) is 5. The molecule has 0 atom stereocenters. The standard InChI is InChI=1S/C17H15N3O2S/c1-12-5-4-6-13(9-12)10-18-20-16(21)11-23-17-19-14-7-2-3-8-15(14)22-17/h2-10H,11H2,1H3,(H,20,21)/b18-10+. The molecule has 0 saturated carbocycles. The van der Waals surface area contributed by atoms with E-state index in [2.05, 4.69) is 15.5 Å². The molecule has 0 bridgehead atoms. The first-order valence-corrected chi connectivity index (χ1v) is 8.06. The lowest BCUT2D eigenvalue weighted by Gasteiger charge is -1.98. The molecule has 1 aromatic heterocycles. The van der Waals surface area contributed by atoms with E-state index in [4.69, 9.17) is 4.42 Å². The summed E-state index contributed by atoms with van der Waals surface area (Å²) in [5, 5.41) is 4.42. The molecule has 3 aromatic rings. The number of hydrazone groups is 1. The number of aryl methyl sites for hydroxylation is 1. The summed E-state index contributed by atoms with van der Waals surface area (Å²) in [7, 11) is 0. The quantitative estimate of drug-likeness (QED) is 0.444. The average Bonchev–Trinajstić information content (AvgIpc) is 2.96. The van der Waals surface area contributed by atoms with Crippen LogP contribution >= 0.6 is 11.8 Å². The maximum atomic E-state index is 11.8. The topological polar surface area (TPSA) is 67.5 Å². The van der Waals surface area contributed by atoms with Gasteiger partial charge in [0.25, 0.3) is 11.1 Å². The number of fused-ring (bicyclic) bond motifs is 1. The summed E-state index contributed by atoms with van der Waals surface area (Å²) in [5.41, 5.74) is 6.08. The van der Waals surface area contributed by atoms with E-state index < -0.39 is 0 Å². The maximum Gasteiger partial charge on any atom is 0.257 e. The molecule has 0 aliphatic carbocycles. The molecule has 2 aromatic carbocycles. The number of carbonyl (C=O) groups is 1. The van der Waals surface area contributed by atoms with Gasteiger partial charge in [-0.1, -0.05) is 53.7 Å².